The standard InChI is InChI=1S/C17H21ClN2O4/c1-3-19-7-11-8-20(10-17(11,9-19)16(22)23)15(21)13-6-12(18)4-5-14(13)24-2/h4-6,11H,3,7-10H2,1-2H3,(H,22,23)/t11-,17-/m1/s1. The maximum Gasteiger partial charge on any atom is 0.313 e. The third-order valence-corrected chi connectivity index (χ3v) is 5.47. The van der Waals surface area contributed by atoms with E-state index in [2.05, 4.69) is 4.90 Å². The summed E-state index contributed by atoms with van der Waals surface area (Å²) in [6.45, 7) is 4.70. The zero-order valence-corrected chi connectivity index (χ0v) is 14.5. The molecule has 130 valence electrons. The van der Waals surface area contributed by atoms with Gasteiger partial charge < -0.3 is 19.6 Å². The van der Waals surface area contributed by atoms with Crippen LogP contribution in [0.5, 0.6) is 5.75 Å². The van der Waals surface area contributed by atoms with Gasteiger partial charge in [-0.3, -0.25) is 9.59 Å². The third kappa shape index (κ3) is 2.63. The Balaban J connectivity index is 1.87. The minimum absolute atomic E-state index is 0.0518. The minimum atomic E-state index is -0.877. The zero-order valence-electron chi connectivity index (χ0n) is 13.8. The number of amides is 1. The van der Waals surface area contributed by atoms with E-state index in [1.807, 2.05) is 6.92 Å². The normalized spacial score (nSPS) is 26.5. The van der Waals surface area contributed by atoms with E-state index in [1.165, 1.54) is 7.11 Å². The fourth-order valence-corrected chi connectivity index (χ4v) is 4.06. The van der Waals surface area contributed by atoms with Crippen LogP contribution in [0.1, 0.15) is 17.3 Å². The SMILES string of the molecule is CCN1C[C@@H]2CN(C(=O)c3cc(Cl)ccc3OC)C[C@]2(C(=O)O)C1. The summed E-state index contributed by atoms with van der Waals surface area (Å²) in [4.78, 5) is 28.6. The summed E-state index contributed by atoms with van der Waals surface area (Å²) in [7, 11) is 1.50. The molecule has 2 aliphatic heterocycles. The van der Waals surface area contributed by atoms with Gasteiger partial charge in [-0.05, 0) is 24.7 Å². The van der Waals surface area contributed by atoms with E-state index in [-0.39, 0.29) is 18.4 Å². The second kappa shape index (κ2) is 6.26. The number of aliphatic carboxylic acids is 1. The molecule has 24 heavy (non-hydrogen) atoms. The number of likely N-dealkylation sites (tertiary alicyclic amines) is 2. The van der Waals surface area contributed by atoms with E-state index in [9.17, 15) is 14.7 Å². The molecule has 0 saturated carbocycles. The molecule has 1 N–H and O–H groups in total. The lowest BCUT2D eigenvalue weighted by Gasteiger charge is -2.25. The van der Waals surface area contributed by atoms with Crippen LogP contribution in [-0.4, -0.2) is 66.6 Å². The van der Waals surface area contributed by atoms with Crippen LogP contribution in [0, 0.1) is 11.3 Å². The Labute approximate surface area is 145 Å². The van der Waals surface area contributed by atoms with E-state index in [4.69, 9.17) is 16.3 Å². The Morgan fingerprint density at radius 2 is 2.12 bits per heavy atom. The van der Waals surface area contributed by atoms with Gasteiger partial charge in [0.15, 0.2) is 0 Å². The molecule has 2 saturated heterocycles. The van der Waals surface area contributed by atoms with Crippen molar-refractivity contribution in [3.63, 3.8) is 0 Å². The molecule has 3 rings (SSSR count). The molecule has 0 unspecified atom stereocenters. The van der Waals surface area contributed by atoms with Gasteiger partial charge in [-0.15, -0.1) is 0 Å². The molecule has 2 heterocycles. The summed E-state index contributed by atoms with van der Waals surface area (Å²) in [6, 6.07) is 4.88. The number of ether oxygens (including phenoxy) is 1. The van der Waals surface area contributed by atoms with E-state index in [1.54, 1.807) is 23.1 Å². The molecule has 0 aromatic heterocycles. The van der Waals surface area contributed by atoms with Crippen molar-refractivity contribution < 1.29 is 19.4 Å². The summed E-state index contributed by atoms with van der Waals surface area (Å²) >= 11 is 6.01. The number of carboxylic acid groups (broad SMARTS) is 1. The molecular formula is C17H21ClN2O4. The highest BCUT2D eigenvalue weighted by Crippen LogP contribution is 2.43. The molecule has 0 radical (unpaired) electrons. The average Bonchev–Trinajstić information content (AvgIpc) is 3.09. The number of fused-ring (bicyclic) bond motifs is 1. The summed E-state index contributed by atoms with van der Waals surface area (Å²) in [5.41, 5.74) is -0.504. The van der Waals surface area contributed by atoms with Gasteiger partial charge in [-0.25, -0.2) is 0 Å². The van der Waals surface area contributed by atoms with Crippen molar-refractivity contribution in [1.29, 1.82) is 0 Å². The molecule has 0 aliphatic carbocycles. The van der Waals surface area contributed by atoms with Crippen LogP contribution in [0.15, 0.2) is 18.2 Å². The monoisotopic (exact) mass is 352 g/mol. The lowest BCUT2D eigenvalue weighted by atomic mass is 9.81. The number of hydrogen-bond donors (Lipinski definition) is 1. The summed E-state index contributed by atoms with van der Waals surface area (Å²) in [5.74, 6) is -0.658. The zero-order chi connectivity index (χ0) is 17.5. The van der Waals surface area contributed by atoms with E-state index in [0.717, 1.165) is 6.54 Å². The molecule has 7 heteroatoms. The van der Waals surface area contributed by atoms with Gasteiger partial charge >= 0.3 is 5.97 Å². The molecule has 1 aromatic rings. The number of carboxylic acids is 1. The van der Waals surface area contributed by atoms with Crippen LogP contribution in [0.25, 0.3) is 0 Å². The molecule has 1 aromatic carbocycles. The van der Waals surface area contributed by atoms with Crippen LogP contribution >= 0.6 is 11.6 Å². The molecule has 0 bridgehead atoms. The molecular weight excluding hydrogens is 332 g/mol. The van der Waals surface area contributed by atoms with Crippen molar-refractivity contribution >= 4 is 23.5 Å². The van der Waals surface area contributed by atoms with Crippen molar-refractivity contribution in [2.24, 2.45) is 11.3 Å². The van der Waals surface area contributed by atoms with Gasteiger partial charge in [0, 0.05) is 37.1 Å². The van der Waals surface area contributed by atoms with Crippen LogP contribution in [0.4, 0.5) is 0 Å². The highest BCUT2D eigenvalue weighted by molar-refractivity contribution is 6.31. The number of carbonyl (C=O) groups excluding carboxylic acids is 1. The number of nitrogens with zero attached hydrogens (tertiary/aromatic N) is 2. The van der Waals surface area contributed by atoms with Crippen LogP contribution in [-0.2, 0) is 4.79 Å². The van der Waals surface area contributed by atoms with Crippen LogP contribution in [0.3, 0.4) is 0 Å². The molecule has 6 nitrogen and oxygen atoms in total. The Kier molecular flexibility index (Phi) is 4.44. The first-order valence-electron chi connectivity index (χ1n) is 8.00. The highest BCUT2D eigenvalue weighted by Gasteiger charge is 2.58. The number of hydrogen-bond acceptors (Lipinski definition) is 4. The Hall–Kier alpha value is -1.79. The molecule has 2 atom stereocenters. The fourth-order valence-electron chi connectivity index (χ4n) is 3.88. The average molecular weight is 353 g/mol. The Bertz CT molecular complexity index is 681. The summed E-state index contributed by atoms with van der Waals surface area (Å²) in [6.07, 6.45) is 0. The first kappa shape index (κ1) is 17.0. The van der Waals surface area contributed by atoms with Crippen molar-refractivity contribution in [1.82, 2.24) is 9.80 Å². The van der Waals surface area contributed by atoms with Crippen LogP contribution in [0.2, 0.25) is 5.02 Å². The van der Waals surface area contributed by atoms with Gasteiger partial charge in [0.2, 0.25) is 0 Å². The van der Waals surface area contributed by atoms with Gasteiger partial charge in [0.1, 0.15) is 11.2 Å². The smallest absolute Gasteiger partial charge is 0.313 e. The maximum absolute atomic E-state index is 12.9. The van der Waals surface area contributed by atoms with E-state index in [0.29, 0.717) is 36.0 Å². The third-order valence-electron chi connectivity index (χ3n) is 5.23. The lowest BCUT2D eigenvalue weighted by molar-refractivity contribution is -0.148. The van der Waals surface area contributed by atoms with Gasteiger partial charge in [0.05, 0.1) is 12.7 Å². The number of benzene rings is 1. The maximum atomic E-state index is 12.9. The first-order chi connectivity index (χ1) is 11.4. The summed E-state index contributed by atoms with van der Waals surface area (Å²) in [5, 5.41) is 10.2. The van der Waals surface area contributed by atoms with Crippen molar-refractivity contribution in [3.8, 4) is 5.75 Å². The first-order valence-corrected chi connectivity index (χ1v) is 8.37. The predicted octanol–water partition coefficient (Wildman–Crippen LogP) is 1.83. The van der Waals surface area contributed by atoms with Crippen LogP contribution < -0.4 is 4.74 Å². The second-order valence-corrected chi connectivity index (χ2v) is 6.95. The number of methoxy groups -OCH3 is 1. The second-order valence-electron chi connectivity index (χ2n) is 6.52. The predicted molar refractivity (Wildman–Crippen MR) is 89.6 cm³/mol. The fraction of sp³-hybridized carbons (Fsp3) is 0.529. The van der Waals surface area contributed by atoms with E-state index < -0.39 is 11.4 Å². The molecule has 2 aliphatic rings. The Morgan fingerprint density at radius 3 is 2.71 bits per heavy atom. The van der Waals surface area contributed by atoms with Gasteiger partial charge in [0.25, 0.3) is 5.91 Å². The number of carbonyl (C=O) groups is 2. The van der Waals surface area contributed by atoms with Crippen molar-refractivity contribution in [2.75, 3.05) is 39.8 Å². The minimum Gasteiger partial charge on any atom is -0.496 e. The number of halogens is 1. The number of rotatable bonds is 4. The summed E-state index contributed by atoms with van der Waals surface area (Å²) < 4.78 is 5.25. The lowest BCUT2D eigenvalue weighted by Crippen LogP contribution is -2.42. The Morgan fingerprint density at radius 1 is 1.38 bits per heavy atom. The van der Waals surface area contributed by atoms with E-state index >= 15 is 0 Å². The highest BCUT2D eigenvalue weighted by atomic mass is 35.5. The quantitative estimate of drug-likeness (QED) is 0.895. The molecule has 2 fully saturated rings. The molecule has 0 spiro atoms. The molecule has 1 amide bonds. The van der Waals surface area contributed by atoms with Crippen molar-refractivity contribution in [3.05, 3.63) is 28.8 Å². The van der Waals surface area contributed by atoms with Gasteiger partial charge in [-0.1, -0.05) is 18.5 Å². The van der Waals surface area contributed by atoms with Gasteiger partial charge in [-0.2, -0.15) is 0 Å². The van der Waals surface area contributed by atoms with Crippen molar-refractivity contribution in [2.45, 2.75) is 6.92 Å². The topological polar surface area (TPSA) is 70.1 Å². The largest absolute Gasteiger partial charge is 0.496 e.